The van der Waals surface area contributed by atoms with Crippen LogP contribution < -0.4 is 10.2 Å². The summed E-state index contributed by atoms with van der Waals surface area (Å²) >= 11 is 0. The van der Waals surface area contributed by atoms with Gasteiger partial charge in [0.05, 0.1) is 6.20 Å². The van der Waals surface area contributed by atoms with E-state index in [0.717, 1.165) is 11.3 Å². The van der Waals surface area contributed by atoms with Crippen LogP contribution in [0, 0.1) is 6.92 Å². The monoisotopic (exact) mass is 272 g/mol. The number of hydrogen-bond donors (Lipinski definition) is 1. The molecule has 1 N–H and O–H groups in total. The lowest BCUT2D eigenvalue weighted by Crippen LogP contribution is -2.37. The summed E-state index contributed by atoms with van der Waals surface area (Å²) in [4.78, 5) is 14.3. The topological polar surface area (TPSA) is 50.2 Å². The normalized spacial score (nSPS) is 12.2. The number of nitrogens with zero attached hydrogens (tertiary/aromatic N) is 3. The molecule has 0 fully saturated rings. The number of likely N-dealkylation sites (N-methyl/N-ethyl adjacent to an activating group) is 2. The first-order chi connectivity index (χ1) is 9.52. The second-order valence-corrected chi connectivity index (χ2v) is 4.90. The highest BCUT2D eigenvalue weighted by atomic mass is 16.2. The van der Waals surface area contributed by atoms with Gasteiger partial charge in [-0.1, -0.05) is 17.7 Å². The molecule has 5 heteroatoms. The number of aromatic nitrogens is 2. The Morgan fingerprint density at radius 3 is 2.50 bits per heavy atom. The molecule has 5 nitrogen and oxygen atoms in total. The van der Waals surface area contributed by atoms with Crippen molar-refractivity contribution in [3.63, 3.8) is 0 Å². The van der Waals surface area contributed by atoms with E-state index in [-0.39, 0.29) is 5.91 Å². The fourth-order valence-corrected chi connectivity index (χ4v) is 2.11. The lowest BCUT2D eigenvalue weighted by Gasteiger charge is -2.23. The molecule has 1 amide bonds. The van der Waals surface area contributed by atoms with Gasteiger partial charge in [0.25, 0.3) is 0 Å². The summed E-state index contributed by atoms with van der Waals surface area (Å²) in [7, 11) is 5.40. The fraction of sp³-hybridized carbons (Fsp3) is 0.333. The SMILES string of the molecule is CNC(C(=O)N(C)c1ccc(C)cc1)c1cnn(C)c1. The van der Waals surface area contributed by atoms with Crippen LogP contribution in [0.3, 0.4) is 0 Å². The molecule has 1 atom stereocenters. The van der Waals surface area contributed by atoms with Crippen molar-refractivity contribution in [1.82, 2.24) is 15.1 Å². The number of carbonyl (C=O) groups excluding carboxylic acids is 1. The van der Waals surface area contributed by atoms with E-state index < -0.39 is 6.04 Å². The average Bonchev–Trinajstić information content (AvgIpc) is 2.86. The van der Waals surface area contributed by atoms with Gasteiger partial charge in [-0.05, 0) is 26.1 Å². The van der Waals surface area contributed by atoms with Gasteiger partial charge in [-0.3, -0.25) is 9.48 Å². The highest BCUT2D eigenvalue weighted by Crippen LogP contribution is 2.19. The Balaban J connectivity index is 2.22. The number of hydrogen-bond acceptors (Lipinski definition) is 3. The van der Waals surface area contributed by atoms with Gasteiger partial charge in [0.15, 0.2) is 0 Å². The van der Waals surface area contributed by atoms with E-state index in [1.165, 1.54) is 5.56 Å². The van der Waals surface area contributed by atoms with Crippen LogP contribution in [-0.2, 0) is 11.8 Å². The van der Waals surface area contributed by atoms with Crippen LogP contribution in [0.25, 0.3) is 0 Å². The second-order valence-electron chi connectivity index (χ2n) is 4.90. The smallest absolute Gasteiger partial charge is 0.248 e. The Morgan fingerprint density at radius 1 is 1.35 bits per heavy atom. The highest BCUT2D eigenvalue weighted by Gasteiger charge is 2.24. The third-order valence-corrected chi connectivity index (χ3v) is 3.35. The van der Waals surface area contributed by atoms with E-state index in [0.29, 0.717) is 0 Å². The van der Waals surface area contributed by atoms with Crippen molar-refractivity contribution in [2.45, 2.75) is 13.0 Å². The number of anilines is 1. The standard InChI is InChI=1S/C15H20N4O/c1-11-5-7-13(8-6-11)19(4)15(20)14(16-2)12-9-17-18(3)10-12/h5-10,14,16H,1-4H3. The second kappa shape index (κ2) is 5.88. The quantitative estimate of drug-likeness (QED) is 0.920. The van der Waals surface area contributed by atoms with Crippen LogP contribution >= 0.6 is 0 Å². The maximum atomic E-state index is 12.6. The van der Waals surface area contributed by atoms with E-state index in [1.807, 2.05) is 44.4 Å². The maximum absolute atomic E-state index is 12.6. The van der Waals surface area contributed by atoms with Gasteiger partial charge in [0, 0.05) is 31.5 Å². The van der Waals surface area contributed by atoms with Gasteiger partial charge in [-0.25, -0.2) is 0 Å². The largest absolute Gasteiger partial charge is 0.314 e. The lowest BCUT2D eigenvalue weighted by atomic mass is 10.1. The number of benzene rings is 1. The fourth-order valence-electron chi connectivity index (χ4n) is 2.11. The molecule has 1 aromatic carbocycles. The summed E-state index contributed by atoms with van der Waals surface area (Å²) in [5.41, 5.74) is 2.91. The molecule has 0 aliphatic carbocycles. The number of carbonyl (C=O) groups is 1. The van der Waals surface area contributed by atoms with Crippen LogP contribution in [0.2, 0.25) is 0 Å². The first-order valence-electron chi connectivity index (χ1n) is 6.53. The number of rotatable bonds is 4. The number of nitrogens with one attached hydrogen (secondary N) is 1. The van der Waals surface area contributed by atoms with Crippen LogP contribution in [-0.4, -0.2) is 29.8 Å². The van der Waals surface area contributed by atoms with Crippen LogP contribution in [0.4, 0.5) is 5.69 Å². The van der Waals surface area contributed by atoms with Crippen molar-refractivity contribution < 1.29 is 4.79 Å². The Kier molecular flexibility index (Phi) is 4.20. The first-order valence-corrected chi connectivity index (χ1v) is 6.53. The minimum absolute atomic E-state index is 0.00986. The summed E-state index contributed by atoms with van der Waals surface area (Å²) < 4.78 is 1.69. The van der Waals surface area contributed by atoms with Crippen molar-refractivity contribution >= 4 is 11.6 Å². The van der Waals surface area contributed by atoms with Crippen molar-refractivity contribution in [3.05, 3.63) is 47.8 Å². The molecule has 106 valence electrons. The third-order valence-electron chi connectivity index (χ3n) is 3.35. The predicted molar refractivity (Wildman–Crippen MR) is 79.6 cm³/mol. The summed E-state index contributed by atoms with van der Waals surface area (Å²) in [6.07, 6.45) is 3.56. The molecule has 0 radical (unpaired) electrons. The van der Waals surface area contributed by atoms with Crippen LogP contribution in [0.5, 0.6) is 0 Å². The van der Waals surface area contributed by atoms with Crippen molar-refractivity contribution in [1.29, 1.82) is 0 Å². The molecule has 2 rings (SSSR count). The Labute approximate surface area is 119 Å². The summed E-state index contributed by atoms with van der Waals surface area (Å²) in [6.45, 7) is 2.03. The van der Waals surface area contributed by atoms with E-state index in [2.05, 4.69) is 10.4 Å². The van der Waals surface area contributed by atoms with E-state index >= 15 is 0 Å². The minimum Gasteiger partial charge on any atom is -0.314 e. The lowest BCUT2D eigenvalue weighted by molar-refractivity contribution is -0.120. The van der Waals surface area contributed by atoms with Gasteiger partial charge in [0.2, 0.25) is 5.91 Å². The van der Waals surface area contributed by atoms with E-state index in [4.69, 9.17) is 0 Å². The molecule has 0 saturated heterocycles. The highest BCUT2D eigenvalue weighted by molar-refractivity contribution is 5.97. The molecule has 0 saturated carbocycles. The molecular formula is C15H20N4O. The summed E-state index contributed by atoms with van der Waals surface area (Å²) in [5.74, 6) is -0.00986. The Bertz CT molecular complexity index is 588. The molecule has 0 spiro atoms. The van der Waals surface area contributed by atoms with Crippen molar-refractivity contribution in [2.24, 2.45) is 7.05 Å². The van der Waals surface area contributed by atoms with Crippen molar-refractivity contribution in [2.75, 3.05) is 19.0 Å². The number of amides is 1. The van der Waals surface area contributed by atoms with Gasteiger partial charge in [0.1, 0.15) is 6.04 Å². The zero-order valence-electron chi connectivity index (χ0n) is 12.3. The molecule has 0 aliphatic rings. The summed E-state index contributed by atoms with van der Waals surface area (Å²) in [5, 5.41) is 7.17. The van der Waals surface area contributed by atoms with Gasteiger partial charge in [-0.15, -0.1) is 0 Å². The van der Waals surface area contributed by atoms with Crippen molar-refractivity contribution in [3.8, 4) is 0 Å². The Morgan fingerprint density at radius 2 is 2.00 bits per heavy atom. The summed E-state index contributed by atoms with van der Waals surface area (Å²) in [6, 6.07) is 7.50. The molecule has 1 unspecified atom stereocenters. The van der Waals surface area contributed by atoms with Gasteiger partial charge < -0.3 is 10.2 Å². The molecule has 20 heavy (non-hydrogen) atoms. The molecule has 2 aromatic rings. The molecular weight excluding hydrogens is 252 g/mol. The van der Waals surface area contributed by atoms with Crippen LogP contribution in [0.1, 0.15) is 17.2 Å². The Hall–Kier alpha value is -2.14. The molecule has 0 aliphatic heterocycles. The van der Waals surface area contributed by atoms with Crippen LogP contribution in [0.15, 0.2) is 36.7 Å². The predicted octanol–water partition coefficient (Wildman–Crippen LogP) is 1.65. The number of aryl methyl sites for hydroxylation is 2. The maximum Gasteiger partial charge on any atom is 0.248 e. The van der Waals surface area contributed by atoms with E-state index in [9.17, 15) is 4.79 Å². The molecule has 1 aromatic heterocycles. The minimum atomic E-state index is -0.394. The van der Waals surface area contributed by atoms with Gasteiger partial charge in [-0.2, -0.15) is 5.10 Å². The first kappa shape index (κ1) is 14.3. The molecule has 1 heterocycles. The zero-order valence-corrected chi connectivity index (χ0v) is 12.3. The molecule has 0 bridgehead atoms. The van der Waals surface area contributed by atoms with Gasteiger partial charge >= 0.3 is 0 Å². The van der Waals surface area contributed by atoms with E-state index in [1.54, 1.807) is 29.9 Å². The average molecular weight is 272 g/mol. The zero-order chi connectivity index (χ0) is 14.7. The third kappa shape index (κ3) is 2.88.